The first-order valence-electron chi connectivity index (χ1n) is 11.1. The molecule has 0 spiro atoms. The number of ether oxygens (including phenoxy) is 1. The van der Waals surface area contributed by atoms with E-state index in [1.165, 1.54) is 36.2 Å². The van der Waals surface area contributed by atoms with Gasteiger partial charge in [-0.05, 0) is 30.7 Å². The molecule has 196 valence electrons. The van der Waals surface area contributed by atoms with E-state index in [0.29, 0.717) is 5.01 Å². The Morgan fingerprint density at radius 1 is 1.24 bits per heavy atom. The minimum absolute atomic E-state index is 0.0287. The molecule has 9 nitrogen and oxygen atoms in total. The number of amides is 1. The van der Waals surface area contributed by atoms with Crippen LogP contribution in [0.1, 0.15) is 45.4 Å². The van der Waals surface area contributed by atoms with Gasteiger partial charge in [0, 0.05) is 36.0 Å². The second kappa shape index (κ2) is 9.80. The Morgan fingerprint density at radius 2 is 2.00 bits per heavy atom. The SMILES string of the molecule is COc1cnc(C(F)F)cc1-c1cc(-n2ccc(C)cc2=O)ncc1C(=O)Nc1nnc(C2CC2(F)Cl)s1. The standard InChI is InChI=1S/C24H18ClF3N6O3S/c1-11-3-4-34(19(35)5-11)18-7-12(13-6-16(20(26)27)29-10-17(13)37-2)14(9-30-18)21(36)31-23-33-32-22(38-23)15-8-24(15,25)28/h3-7,9-10,15,20H,8H2,1-2H3,(H,31,33,36). The number of halogens is 4. The van der Waals surface area contributed by atoms with Gasteiger partial charge in [0.15, 0.2) is 5.13 Å². The van der Waals surface area contributed by atoms with Crippen LogP contribution >= 0.6 is 22.9 Å². The van der Waals surface area contributed by atoms with Crippen LogP contribution in [0.25, 0.3) is 16.9 Å². The molecule has 1 saturated carbocycles. The lowest BCUT2D eigenvalue weighted by Gasteiger charge is -2.15. The van der Waals surface area contributed by atoms with Crippen molar-refractivity contribution in [2.45, 2.75) is 30.8 Å². The summed E-state index contributed by atoms with van der Waals surface area (Å²) in [6, 6.07) is 5.63. The van der Waals surface area contributed by atoms with Gasteiger partial charge in [0.25, 0.3) is 17.9 Å². The van der Waals surface area contributed by atoms with Crippen LogP contribution in [0.3, 0.4) is 0 Å². The highest BCUT2D eigenvalue weighted by Crippen LogP contribution is 2.58. The summed E-state index contributed by atoms with van der Waals surface area (Å²) in [5, 5.41) is 8.90. The fourth-order valence-corrected chi connectivity index (χ4v) is 5.01. The van der Waals surface area contributed by atoms with E-state index in [0.717, 1.165) is 29.2 Å². The van der Waals surface area contributed by atoms with Gasteiger partial charge in [0.1, 0.15) is 22.3 Å². The molecule has 1 N–H and O–H groups in total. The number of aromatic nitrogens is 5. The van der Waals surface area contributed by atoms with Crippen molar-refractivity contribution in [3.8, 4) is 22.7 Å². The molecular formula is C24H18ClF3N6O3S. The average molecular weight is 563 g/mol. The van der Waals surface area contributed by atoms with Crippen molar-refractivity contribution in [2.24, 2.45) is 0 Å². The van der Waals surface area contributed by atoms with Crippen molar-refractivity contribution in [1.82, 2.24) is 24.7 Å². The molecule has 4 aromatic heterocycles. The van der Waals surface area contributed by atoms with Crippen LogP contribution < -0.4 is 15.6 Å². The van der Waals surface area contributed by atoms with E-state index >= 15 is 0 Å². The molecule has 14 heteroatoms. The van der Waals surface area contributed by atoms with Crippen molar-refractivity contribution in [1.29, 1.82) is 0 Å². The number of anilines is 1. The Kier molecular flexibility index (Phi) is 6.65. The smallest absolute Gasteiger partial charge is 0.280 e. The van der Waals surface area contributed by atoms with E-state index < -0.39 is 29.1 Å². The number of methoxy groups -OCH3 is 1. The number of nitrogens with one attached hydrogen (secondary N) is 1. The number of pyridine rings is 3. The lowest BCUT2D eigenvalue weighted by molar-refractivity contribution is 0.102. The Morgan fingerprint density at radius 3 is 2.66 bits per heavy atom. The molecule has 0 aromatic carbocycles. The number of hydrogen-bond acceptors (Lipinski definition) is 8. The van der Waals surface area contributed by atoms with Crippen molar-refractivity contribution in [3.63, 3.8) is 0 Å². The molecule has 38 heavy (non-hydrogen) atoms. The van der Waals surface area contributed by atoms with Crippen LogP contribution in [-0.4, -0.2) is 42.9 Å². The first-order chi connectivity index (χ1) is 18.1. The van der Waals surface area contributed by atoms with Crippen molar-refractivity contribution >= 4 is 34.0 Å². The van der Waals surface area contributed by atoms with E-state index in [-0.39, 0.29) is 45.4 Å². The highest BCUT2D eigenvalue weighted by molar-refractivity contribution is 7.15. The van der Waals surface area contributed by atoms with Gasteiger partial charge in [-0.2, -0.15) is 0 Å². The number of aryl methyl sites for hydroxylation is 1. The quantitative estimate of drug-likeness (QED) is 0.314. The third-order valence-electron chi connectivity index (χ3n) is 5.86. The second-order valence-corrected chi connectivity index (χ2v) is 10.2. The molecule has 2 atom stereocenters. The summed E-state index contributed by atoms with van der Waals surface area (Å²) in [7, 11) is 1.33. The summed E-state index contributed by atoms with van der Waals surface area (Å²) >= 11 is 6.64. The summed E-state index contributed by atoms with van der Waals surface area (Å²) in [4.78, 5) is 33.9. The highest BCUT2D eigenvalue weighted by atomic mass is 35.5. The number of rotatable bonds is 7. The van der Waals surface area contributed by atoms with Crippen LogP contribution in [0.5, 0.6) is 5.75 Å². The molecular weight excluding hydrogens is 545 g/mol. The first kappa shape index (κ1) is 25.8. The molecule has 2 unspecified atom stereocenters. The van der Waals surface area contributed by atoms with E-state index in [1.807, 2.05) is 0 Å². The summed E-state index contributed by atoms with van der Waals surface area (Å²) < 4.78 is 47.4. The third kappa shape index (κ3) is 4.98. The van der Waals surface area contributed by atoms with Crippen LogP contribution in [-0.2, 0) is 0 Å². The molecule has 4 heterocycles. The summed E-state index contributed by atoms with van der Waals surface area (Å²) in [6.45, 7) is 1.76. The van der Waals surface area contributed by atoms with Gasteiger partial charge >= 0.3 is 0 Å². The molecule has 1 amide bonds. The maximum Gasteiger partial charge on any atom is 0.280 e. The molecule has 0 saturated heterocycles. The summed E-state index contributed by atoms with van der Waals surface area (Å²) in [5.41, 5.74) is 0.0802. The predicted octanol–water partition coefficient (Wildman–Crippen LogP) is 5.04. The zero-order chi connectivity index (χ0) is 27.2. The lowest BCUT2D eigenvalue weighted by atomic mass is 10.00. The van der Waals surface area contributed by atoms with E-state index in [9.17, 15) is 22.8 Å². The summed E-state index contributed by atoms with van der Waals surface area (Å²) in [5.74, 6) is -1.04. The predicted molar refractivity (Wildman–Crippen MR) is 134 cm³/mol. The van der Waals surface area contributed by atoms with Crippen molar-refractivity contribution in [2.75, 3.05) is 12.4 Å². The number of hydrogen-bond donors (Lipinski definition) is 1. The van der Waals surface area contributed by atoms with E-state index in [4.69, 9.17) is 16.3 Å². The number of carbonyl (C=O) groups is 1. The second-order valence-electron chi connectivity index (χ2n) is 8.53. The lowest BCUT2D eigenvalue weighted by Crippen LogP contribution is -2.19. The van der Waals surface area contributed by atoms with Gasteiger partial charge in [-0.15, -0.1) is 10.2 Å². The van der Waals surface area contributed by atoms with Gasteiger partial charge in [0.05, 0.1) is 24.8 Å². The maximum atomic E-state index is 13.8. The van der Waals surface area contributed by atoms with Crippen LogP contribution in [0.2, 0.25) is 0 Å². The van der Waals surface area contributed by atoms with Crippen LogP contribution in [0.15, 0.2) is 47.7 Å². The average Bonchev–Trinajstić information content (AvgIpc) is 3.28. The first-order valence-corrected chi connectivity index (χ1v) is 12.3. The monoisotopic (exact) mass is 562 g/mol. The highest BCUT2D eigenvalue weighted by Gasteiger charge is 2.57. The molecule has 0 radical (unpaired) electrons. The fourth-order valence-electron chi connectivity index (χ4n) is 3.77. The number of alkyl halides is 4. The normalized spacial score (nSPS) is 18.4. The van der Waals surface area contributed by atoms with Crippen molar-refractivity contribution in [3.05, 3.63) is 75.0 Å². The van der Waals surface area contributed by atoms with Crippen LogP contribution in [0.4, 0.5) is 18.3 Å². The third-order valence-corrected chi connectivity index (χ3v) is 7.23. The topological polar surface area (TPSA) is 112 Å². The molecule has 1 aliphatic carbocycles. The van der Waals surface area contributed by atoms with Crippen LogP contribution in [0, 0.1) is 6.92 Å². The molecule has 0 bridgehead atoms. The minimum atomic E-state index is -2.88. The Balaban J connectivity index is 1.59. The number of nitrogens with zero attached hydrogens (tertiary/aromatic N) is 5. The Labute approximate surface area is 222 Å². The van der Waals surface area contributed by atoms with E-state index in [2.05, 4.69) is 25.5 Å². The summed E-state index contributed by atoms with van der Waals surface area (Å²) in [6.07, 6.45) is 1.06. The van der Waals surface area contributed by atoms with Gasteiger partial charge in [0.2, 0.25) is 5.13 Å². The zero-order valence-electron chi connectivity index (χ0n) is 19.8. The molecule has 4 aromatic rings. The zero-order valence-corrected chi connectivity index (χ0v) is 21.4. The Hall–Kier alpha value is -3.84. The molecule has 5 rings (SSSR count). The Bertz CT molecular complexity index is 1610. The minimum Gasteiger partial charge on any atom is -0.494 e. The van der Waals surface area contributed by atoms with Gasteiger partial charge < -0.3 is 4.74 Å². The van der Waals surface area contributed by atoms with Gasteiger partial charge in [-0.3, -0.25) is 24.5 Å². The maximum absolute atomic E-state index is 13.8. The van der Waals surface area contributed by atoms with Gasteiger partial charge in [-0.25, -0.2) is 18.2 Å². The van der Waals surface area contributed by atoms with Crippen molar-refractivity contribution < 1.29 is 22.7 Å². The van der Waals surface area contributed by atoms with Gasteiger partial charge in [-0.1, -0.05) is 22.9 Å². The molecule has 0 aliphatic heterocycles. The molecule has 1 fully saturated rings. The van der Waals surface area contributed by atoms with E-state index in [1.54, 1.807) is 13.0 Å². The molecule has 1 aliphatic rings. The number of carbonyl (C=O) groups excluding carboxylic acids is 1. The largest absolute Gasteiger partial charge is 0.494 e. The fraction of sp³-hybridized carbons (Fsp3) is 0.250.